The Morgan fingerprint density at radius 3 is 2.44 bits per heavy atom. The highest BCUT2D eigenvalue weighted by Gasteiger charge is 2.43. The molecule has 2 unspecified atom stereocenters. The van der Waals surface area contributed by atoms with Crippen molar-refractivity contribution in [3.63, 3.8) is 0 Å². The zero-order chi connectivity index (χ0) is 12.3. The molecule has 1 saturated heterocycles. The van der Waals surface area contributed by atoms with Crippen LogP contribution in [0.25, 0.3) is 0 Å². The minimum Gasteiger partial charge on any atom is -0.317 e. The summed E-state index contributed by atoms with van der Waals surface area (Å²) in [5.74, 6) is -0.425. The van der Waals surface area contributed by atoms with Crippen molar-refractivity contribution in [3.05, 3.63) is 0 Å². The molecule has 1 rings (SSSR count). The Morgan fingerprint density at radius 1 is 1.38 bits per heavy atom. The molecular formula is C10H17F3N2O. The zero-order valence-corrected chi connectivity index (χ0v) is 9.47. The number of hydrogen-bond donors (Lipinski definition) is 1. The first-order valence-corrected chi connectivity index (χ1v) is 5.52. The minimum atomic E-state index is -4.33. The van der Waals surface area contributed by atoms with Crippen molar-refractivity contribution in [2.45, 2.75) is 51.5 Å². The van der Waals surface area contributed by atoms with Crippen LogP contribution in [0, 0.1) is 0 Å². The predicted molar refractivity (Wildman–Crippen MR) is 53.7 cm³/mol. The number of halogens is 3. The third-order valence-electron chi connectivity index (χ3n) is 2.66. The summed E-state index contributed by atoms with van der Waals surface area (Å²) >= 11 is 0. The summed E-state index contributed by atoms with van der Waals surface area (Å²) in [4.78, 5) is 12.6. The third kappa shape index (κ3) is 3.10. The number of carbonyl (C=O) groups is 1. The van der Waals surface area contributed by atoms with Crippen LogP contribution in [0.4, 0.5) is 13.2 Å². The molecular weight excluding hydrogens is 221 g/mol. The van der Waals surface area contributed by atoms with Gasteiger partial charge in [-0.15, -0.1) is 0 Å². The van der Waals surface area contributed by atoms with E-state index in [2.05, 4.69) is 5.32 Å². The van der Waals surface area contributed by atoms with Crippen LogP contribution in [0.15, 0.2) is 0 Å². The van der Waals surface area contributed by atoms with Gasteiger partial charge in [-0.2, -0.15) is 13.2 Å². The first kappa shape index (κ1) is 13.3. The van der Waals surface area contributed by atoms with Gasteiger partial charge in [0.15, 0.2) is 0 Å². The highest BCUT2D eigenvalue weighted by molar-refractivity contribution is 5.84. The highest BCUT2D eigenvalue weighted by Crippen LogP contribution is 2.23. The molecule has 0 aromatic rings. The van der Waals surface area contributed by atoms with Gasteiger partial charge in [0.05, 0.1) is 12.2 Å². The second kappa shape index (κ2) is 5.03. The summed E-state index contributed by atoms with van der Waals surface area (Å²) in [5, 5.41) is 2.94. The van der Waals surface area contributed by atoms with Crippen LogP contribution in [0.2, 0.25) is 0 Å². The number of hydrogen-bond acceptors (Lipinski definition) is 2. The lowest BCUT2D eigenvalue weighted by molar-refractivity contribution is -0.161. The van der Waals surface area contributed by atoms with Gasteiger partial charge in [-0.05, 0) is 12.8 Å². The molecule has 0 saturated carbocycles. The van der Waals surface area contributed by atoms with Crippen molar-refractivity contribution in [2.75, 3.05) is 6.54 Å². The number of rotatable bonds is 4. The van der Waals surface area contributed by atoms with Crippen LogP contribution in [-0.2, 0) is 4.79 Å². The van der Waals surface area contributed by atoms with Crippen molar-refractivity contribution in [1.29, 1.82) is 0 Å². The van der Waals surface area contributed by atoms with Crippen molar-refractivity contribution in [3.8, 4) is 0 Å². The quantitative estimate of drug-likeness (QED) is 0.811. The van der Waals surface area contributed by atoms with Crippen molar-refractivity contribution < 1.29 is 18.0 Å². The van der Waals surface area contributed by atoms with E-state index in [9.17, 15) is 18.0 Å². The van der Waals surface area contributed by atoms with Crippen LogP contribution >= 0.6 is 0 Å². The number of carbonyl (C=O) groups excluding carboxylic acids is 1. The number of nitrogens with one attached hydrogen (secondary N) is 1. The van der Waals surface area contributed by atoms with Gasteiger partial charge < -0.3 is 4.90 Å². The molecule has 94 valence electrons. The molecule has 1 aliphatic heterocycles. The predicted octanol–water partition coefficient (Wildman–Crippen LogP) is 1.89. The van der Waals surface area contributed by atoms with E-state index < -0.39 is 30.8 Å². The second-order valence-electron chi connectivity index (χ2n) is 4.01. The molecule has 1 fully saturated rings. The number of alkyl halides is 3. The molecule has 0 aromatic heterocycles. The maximum atomic E-state index is 12.3. The normalized spacial score (nSPS) is 26.6. The van der Waals surface area contributed by atoms with Gasteiger partial charge in [0.2, 0.25) is 5.91 Å². The van der Waals surface area contributed by atoms with Crippen molar-refractivity contribution >= 4 is 5.91 Å². The molecule has 0 radical (unpaired) electrons. The summed E-state index contributed by atoms with van der Waals surface area (Å²) in [6, 6.07) is -0.447. The molecule has 1 aliphatic rings. The summed E-state index contributed by atoms with van der Waals surface area (Å²) < 4.78 is 36.8. The van der Waals surface area contributed by atoms with E-state index in [1.807, 2.05) is 6.92 Å². The first-order chi connectivity index (χ1) is 7.39. The summed E-state index contributed by atoms with van der Waals surface area (Å²) in [7, 11) is 0. The molecule has 0 aromatic carbocycles. The number of nitrogens with zero attached hydrogens (tertiary/aromatic N) is 1. The zero-order valence-electron chi connectivity index (χ0n) is 9.47. The van der Waals surface area contributed by atoms with Gasteiger partial charge >= 0.3 is 6.18 Å². The largest absolute Gasteiger partial charge is 0.406 e. The molecule has 0 bridgehead atoms. The van der Waals surface area contributed by atoms with Crippen LogP contribution in [0.5, 0.6) is 0 Å². The maximum absolute atomic E-state index is 12.3. The summed E-state index contributed by atoms with van der Waals surface area (Å²) in [6.45, 7) is 2.52. The van der Waals surface area contributed by atoms with Crippen molar-refractivity contribution in [2.24, 2.45) is 0 Å². The lowest BCUT2D eigenvalue weighted by Gasteiger charge is -2.24. The Kier molecular flexibility index (Phi) is 4.18. The highest BCUT2D eigenvalue weighted by atomic mass is 19.4. The average Bonchev–Trinajstić information content (AvgIpc) is 2.44. The third-order valence-corrected chi connectivity index (χ3v) is 2.66. The van der Waals surface area contributed by atoms with E-state index >= 15 is 0 Å². The molecule has 2 atom stereocenters. The topological polar surface area (TPSA) is 32.3 Å². The van der Waals surface area contributed by atoms with Gasteiger partial charge in [0.25, 0.3) is 0 Å². The van der Waals surface area contributed by atoms with E-state index in [1.165, 1.54) is 0 Å². The van der Waals surface area contributed by atoms with Crippen molar-refractivity contribution in [1.82, 2.24) is 10.2 Å². The van der Waals surface area contributed by atoms with E-state index in [0.29, 0.717) is 12.8 Å². The van der Waals surface area contributed by atoms with E-state index in [4.69, 9.17) is 0 Å². The van der Waals surface area contributed by atoms with E-state index in [1.54, 1.807) is 6.92 Å². The molecule has 0 spiro atoms. The molecule has 16 heavy (non-hydrogen) atoms. The smallest absolute Gasteiger partial charge is 0.317 e. The van der Waals surface area contributed by atoms with Gasteiger partial charge in [0.1, 0.15) is 6.54 Å². The van der Waals surface area contributed by atoms with Gasteiger partial charge in [-0.1, -0.05) is 20.3 Å². The SMILES string of the molecule is CCCC1NC(CC)N(CC(F)(F)F)C1=O. The van der Waals surface area contributed by atoms with Crippen LogP contribution < -0.4 is 5.32 Å². The van der Waals surface area contributed by atoms with E-state index in [0.717, 1.165) is 11.3 Å². The van der Waals surface area contributed by atoms with Crippen LogP contribution in [-0.4, -0.2) is 35.7 Å². The first-order valence-electron chi connectivity index (χ1n) is 5.52. The minimum absolute atomic E-state index is 0.425. The molecule has 6 heteroatoms. The Morgan fingerprint density at radius 2 is 2.00 bits per heavy atom. The van der Waals surface area contributed by atoms with Gasteiger partial charge in [-0.3, -0.25) is 10.1 Å². The molecule has 1 amide bonds. The lowest BCUT2D eigenvalue weighted by Crippen LogP contribution is -2.42. The summed E-state index contributed by atoms with van der Waals surface area (Å²) in [5.41, 5.74) is 0. The maximum Gasteiger partial charge on any atom is 0.406 e. The van der Waals surface area contributed by atoms with Gasteiger partial charge in [0, 0.05) is 0 Å². The molecule has 1 heterocycles. The van der Waals surface area contributed by atoms with Crippen LogP contribution in [0.3, 0.4) is 0 Å². The summed E-state index contributed by atoms with van der Waals surface area (Å²) in [6.07, 6.45) is -2.96. The number of amides is 1. The Bertz CT molecular complexity index is 255. The molecule has 1 N–H and O–H groups in total. The Labute approximate surface area is 93.0 Å². The lowest BCUT2D eigenvalue weighted by atomic mass is 10.2. The Hall–Kier alpha value is -0.780. The molecule has 0 aliphatic carbocycles. The van der Waals surface area contributed by atoms with Gasteiger partial charge in [-0.25, -0.2) is 0 Å². The fraction of sp³-hybridized carbons (Fsp3) is 0.900. The fourth-order valence-corrected chi connectivity index (χ4v) is 1.96. The standard InChI is InChI=1S/C10H17F3N2O/c1-3-5-7-9(16)15(6-10(11,12)13)8(4-2)14-7/h7-8,14H,3-6H2,1-2H3. The Balaban J connectivity index is 2.70. The average molecular weight is 238 g/mol. The second-order valence-corrected chi connectivity index (χ2v) is 4.01. The fourth-order valence-electron chi connectivity index (χ4n) is 1.96. The van der Waals surface area contributed by atoms with E-state index in [-0.39, 0.29) is 0 Å². The monoisotopic (exact) mass is 238 g/mol. The van der Waals surface area contributed by atoms with Crippen LogP contribution in [0.1, 0.15) is 33.1 Å². The molecule has 3 nitrogen and oxygen atoms in total.